The van der Waals surface area contributed by atoms with Gasteiger partial charge in [-0.3, -0.25) is 9.59 Å². The number of aliphatic hydroxyl groups excluding tert-OH is 1. The number of aromatic nitrogens is 2. The van der Waals surface area contributed by atoms with E-state index in [2.05, 4.69) is 15.2 Å². The maximum Gasteiger partial charge on any atom is 0.327 e. The van der Waals surface area contributed by atoms with Crippen LogP contribution in [0.5, 0.6) is 0 Å². The molecule has 0 saturated heterocycles. The van der Waals surface area contributed by atoms with Crippen LogP contribution in [0.2, 0.25) is 5.02 Å². The number of hydrogen-bond acceptors (Lipinski definition) is 6. The zero-order valence-electron chi connectivity index (χ0n) is 12.1. The van der Waals surface area contributed by atoms with Gasteiger partial charge in [0, 0.05) is 11.5 Å². The molecule has 0 radical (unpaired) electrons. The minimum Gasteiger partial charge on any atom is -0.468 e. The number of carbonyl (C=O) groups is 1. The van der Waals surface area contributed by atoms with Crippen molar-refractivity contribution in [3.8, 4) is 0 Å². The Morgan fingerprint density at radius 1 is 1.67 bits per heavy atom. The second-order valence-electron chi connectivity index (χ2n) is 5.68. The van der Waals surface area contributed by atoms with Gasteiger partial charge < -0.3 is 15.2 Å². The monoisotopic (exact) mass is 315 g/mol. The van der Waals surface area contributed by atoms with Crippen LogP contribution >= 0.6 is 11.6 Å². The zero-order valence-corrected chi connectivity index (χ0v) is 12.8. The molecular formula is C13H18ClN3O4. The Morgan fingerprint density at radius 2 is 2.33 bits per heavy atom. The fourth-order valence-corrected chi connectivity index (χ4v) is 2.40. The van der Waals surface area contributed by atoms with Crippen LogP contribution in [0.15, 0.2) is 11.0 Å². The first-order valence-electron chi connectivity index (χ1n) is 6.54. The van der Waals surface area contributed by atoms with E-state index in [-0.39, 0.29) is 29.1 Å². The Morgan fingerprint density at radius 3 is 2.86 bits per heavy atom. The third kappa shape index (κ3) is 2.89. The molecule has 0 amide bonds. The molecule has 1 aromatic heterocycles. The van der Waals surface area contributed by atoms with Gasteiger partial charge in [-0.2, -0.15) is 5.10 Å². The highest BCUT2D eigenvalue weighted by atomic mass is 35.5. The smallest absolute Gasteiger partial charge is 0.327 e. The summed E-state index contributed by atoms with van der Waals surface area (Å²) in [6.45, 7) is 3.57. The molecule has 8 heteroatoms. The topological polar surface area (TPSA) is 93.5 Å². The fourth-order valence-electron chi connectivity index (χ4n) is 2.20. The van der Waals surface area contributed by atoms with Crippen LogP contribution in [-0.4, -0.2) is 40.1 Å². The van der Waals surface area contributed by atoms with Gasteiger partial charge in [-0.1, -0.05) is 25.4 Å². The number of nitrogens with zero attached hydrogens (tertiary/aromatic N) is 2. The highest BCUT2D eigenvalue weighted by Crippen LogP contribution is 2.42. The van der Waals surface area contributed by atoms with Gasteiger partial charge in [0.05, 0.1) is 25.1 Å². The van der Waals surface area contributed by atoms with Crippen molar-refractivity contribution in [3.05, 3.63) is 21.6 Å². The summed E-state index contributed by atoms with van der Waals surface area (Å²) in [5, 5.41) is 16.7. The first-order valence-corrected chi connectivity index (χ1v) is 6.92. The zero-order chi connectivity index (χ0) is 15.8. The summed E-state index contributed by atoms with van der Waals surface area (Å²) < 4.78 is 5.43. The molecule has 0 aliphatic heterocycles. The molecule has 21 heavy (non-hydrogen) atoms. The maximum atomic E-state index is 12.0. The van der Waals surface area contributed by atoms with Gasteiger partial charge in [-0.15, -0.1) is 0 Å². The number of halogens is 1. The minimum absolute atomic E-state index is 0.00246. The summed E-state index contributed by atoms with van der Waals surface area (Å²) in [5.74, 6) is -0.579. The predicted octanol–water partition coefficient (Wildman–Crippen LogP) is 0.641. The molecule has 1 heterocycles. The number of anilines is 1. The molecule has 7 nitrogen and oxygen atoms in total. The molecule has 1 aromatic rings. The lowest BCUT2D eigenvalue weighted by Crippen LogP contribution is -2.57. The Balaban J connectivity index is 2.18. The third-order valence-electron chi connectivity index (χ3n) is 4.04. The molecule has 2 atom stereocenters. The Hall–Kier alpha value is -1.60. The lowest BCUT2D eigenvalue weighted by Gasteiger charge is -2.49. The van der Waals surface area contributed by atoms with Gasteiger partial charge in [0.1, 0.15) is 11.6 Å². The van der Waals surface area contributed by atoms with E-state index in [1.54, 1.807) is 0 Å². The van der Waals surface area contributed by atoms with Crippen LogP contribution in [0.4, 0.5) is 5.69 Å². The van der Waals surface area contributed by atoms with E-state index in [9.17, 15) is 14.7 Å². The van der Waals surface area contributed by atoms with Gasteiger partial charge in [0.25, 0.3) is 5.56 Å². The average molecular weight is 316 g/mol. The van der Waals surface area contributed by atoms with E-state index in [0.717, 1.165) is 4.68 Å². The fraction of sp³-hybridized carbons (Fsp3) is 0.615. The number of aliphatic hydroxyl groups is 1. The number of carbonyl (C=O) groups excluding carboxylic acids is 1. The third-order valence-corrected chi connectivity index (χ3v) is 4.40. The molecule has 1 aliphatic rings. The van der Waals surface area contributed by atoms with Crippen molar-refractivity contribution in [3.63, 3.8) is 0 Å². The summed E-state index contributed by atoms with van der Waals surface area (Å²) in [5.41, 5.74) is -0.470. The average Bonchev–Trinajstić information content (AvgIpc) is 2.45. The second kappa shape index (κ2) is 5.65. The predicted molar refractivity (Wildman–Crippen MR) is 77.3 cm³/mol. The molecular weight excluding hydrogens is 298 g/mol. The normalized spacial score (nSPS) is 23.3. The van der Waals surface area contributed by atoms with Crippen molar-refractivity contribution in [1.29, 1.82) is 0 Å². The lowest BCUT2D eigenvalue weighted by atomic mass is 9.64. The highest BCUT2D eigenvalue weighted by Gasteiger charge is 2.47. The van der Waals surface area contributed by atoms with E-state index in [0.29, 0.717) is 12.1 Å². The van der Waals surface area contributed by atoms with Crippen LogP contribution in [0.25, 0.3) is 0 Å². The first kappa shape index (κ1) is 15.8. The second-order valence-corrected chi connectivity index (χ2v) is 6.06. The van der Waals surface area contributed by atoms with E-state index >= 15 is 0 Å². The van der Waals surface area contributed by atoms with Gasteiger partial charge in [-0.05, 0) is 6.42 Å². The Bertz CT molecular complexity index is 614. The van der Waals surface area contributed by atoms with Crippen molar-refractivity contribution in [2.45, 2.75) is 39.0 Å². The number of rotatable bonds is 4. The summed E-state index contributed by atoms with van der Waals surface area (Å²) in [7, 11) is 1.23. The Kier molecular flexibility index (Phi) is 4.25. The maximum absolute atomic E-state index is 12.0. The molecule has 0 bridgehead atoms. The van der Waals surface area contributed by atoms with E-state index in [1.165, 1.54) is 13.3 Å². The number of methoxy groups -OCH3 is 1. The van der Waals surface area contributed by atoms with Crippen LogP contribution in [0.3, 0.4) is 0 Å². The molecule has 116 valence electrons. The molecule has 2 unspecified atom stereocenters. The van der Waals surface area contributed by atoms with Gasteiger partial charge in [0.15, 0.2) is 0 Å². The van der Waals surface area contributed by atoms with Gasteiger partial charge >= 0.3 is 5.97 Å². The van der Waals surface area contributed by atoms with Crippen LogP contribution in [0.1, 0.15) is 20.3 Å². The molecule has 2 N–H and O–H groups in total. The summed E-state index contributed by atoms with van der Waals surface area (Å²) in [6.07, 6.45) is 1.59. The number of esters is 1. The van der Waals surface area contributed by atoms with Crippen molar-refractivity contribution in [1.82, 2.24) is 9.78 Å². The van der Waals surface area contributed by atoms with Crippen molar-refractivity contribution in [2.75, 3.05) is 12.4 Å². The Labute approximate surface area is 126 Å². The van der Waals surface area contributed by atoms with Crippen LogP contribution < -0.4 is 10.9 Å². The molecule has 0 spiro atoms. The molecule has 0 aromatic carbocycles. The molecule has 1 saturated carbocycles. The molecule has 2 rings (SSSR count). The largest absolute Gasteiger partial charge is 0.468 e. The van der Waals surface area contributed by atoms with Crippen molar-refractivity contribution >= 4 is 23.3 Å². The van der Waals surface area contributed by atoms with Crippen LogP contribution in [-0.2, 0) is 16.1 Å². The SMILES string of the molecule is COC(=O)Cn1ncc(NC2CC(O)C2(C)C)c(Cl)c1=O. The van der Waals surface area contributed by atoms with Crippen LogP contribution in [0, 0.1) is 5.41 Å². The minimum atomic E-state index is -0.579. The number of nitrogens with one attached hydrogen (secondary N) is 1. The number of hydrogen-bond donors (Lipinski definition) is 2. The standard InChI is InChI=1S/C13H18ClN3O4/c1-13(2)8(4-9(13)18)16-7-5-15-17(6-10(19)21-3)12(20)11(7)14/h5,8-9,16,18H,4,6H2,1-3H3. The summed E-state index contributed by atoms with van der Waals surface area (Å²) in [6, 6.07) is 0.00246. The summed E-state index contributed by atoms with van der Waals surface area (Å²) >= 11 is 6.03. The quantitative estimate of drug-likeness (QED) is 0.792. The van der Waals surface area contributed by atoms with Crippen molar-refractivity contribution < 1.29 is 14.6 Å². The highest BCUT2D eigenvalue weighted by molar-refractivity contribution is 6.32. The lowest BCUT2D eigenvalue weighted by molar-refractivity contribution is -0.141. The van der Waals surface area contributed by atoms with E-state index in [1.807, 2.05) is 13.8 Å². The number of ether oxygens (including phenoxy) is 1. The first-order chi connectivity index (χ1) is 9.77. The molecule has 1 fully saturated rings. The van der Waals surface area contributed by atoms with Gasteiger partial charge in [-0.25, -0.2) is 4.68 Å². The molecule has 1 aliphatic carbocycles. The van der Waals surface area contributed by atoms with E-state index < -0.39 is 11.5 Å². The van der Waals surface area contributed by atoms with Gasteiger partial charge in [0.2, 0.25) is 0 Å². The van der Waals surface area contributed by atoms with E-state index in [4.69, 9.17) is 11.6 Å². The summed E-state index contributed by atoms with van der Waals surface area (Å²) in [4.78, 5) is 23.2. The van der Waals surface area contributed by atoms with Crippen molar-refractivity contribution in [2.24, 2.45) is 5.41 Å².